The second-order valence-electron chi connectivity index (χ2n) is 4.71. The highest BCUT2D eigenvalue weighted by atomic mass is 16.5. The van der Waals surface area contributed by atoms with Gasteiger partial charge in [0, 0.05) is 26.3 Å². The van der Waals surface area contributed by atoms with E-state index in [9.17, 15) is 0 Å². The lowest BCUT2D eigenvalue weighted by Gasteiger charge is -2.38. The molecule has 2 aliphatic heterocycles. The largest absolute Gasteiger partial charge is 0.381 e. The molecule has 0 amide bonds. The number of hydrogen-bond donors (Lipinski definition) is 0. The Bertz CT molecular complexity index is 148. The van der Waals surface area contributed by atoms with Crippen molar-refractivity contribution >= 4 is 0 Å². The summed E-state index contributed by atoms with van der Waals surface area (Å²) in [6, 6.07) is 0. The van der Waals surface area contributed by atoms with Gasteiger partial charge in [0.1, 0.15) is 0 Å². The van der Waals surface area contributed by atoms with Crippen LogP contribution < -0.4 is 0 Å². The minimum atomic E-state index is 0.949. The molecule has 0 aliphatic carbocycles. The van der Waals surface area contributed by atoms with Crippen LogP contribution in [-0.2, 0) is 4.74 Å². The molecule has 0 aromatic heterocycles. The molecule has 0 radical (unpaired) electrons. The first-order valence-corrected chi connectivity index (χ1v) is 5.64. The van der Waals surface area contributed by atoms with Gasteiger partial charge in [0.2, 0.25) is 0 Å². The molecule has 2 aliphatic rings. The van der Waals surface area contributed by atoms with Crippen molar-refractivity contribution in [3.63, 3.8) is 0 Å². The van der Waals surface area contributed by atoms with Crippen LogP contribution in [-0.4, -0.2) is 37.7 Å². The summed E-state index contributed by atoms with van der Waals surface area (Å²) in [4.78, 5) is 2.58. The van der Waals surface area contributed by atoms with Crippen LogP contribution in [0.15, 0.2) is 0 Å². The molecule has 2 rings (SSSR count). The number of nitrogens with zero attached hydrogens (tertiary/aromatic N) is 1. The molecular weight excluding hydrogens is 162 g/mol. The first-order chi connectivity index (χ1) is 6.34. The lowest BCUT2D eigenvalue weighted by molar-refractivity contribution is 0.0500. The van der Waals surface area contributed by atoms with E-state index < -0.39 is 0 Å². The summed E-state index contributed by atoms with van der Waals surface area (Å²) >= 11 is 0. The zero-order valence-corrected chi connectivity index (χ0v) is 8.67. The molecule has 0 unspecified atom stereocenters. The normalized spacial score (nSPS) is 27.5. The molecule has 0 N–H and O–H groups in total. The van der Waals surface area contributed by atoms with E-state index in [1.54, 1.807) is 0 Å². The quantitative estimate of drug-likeness (QED) is 0.661. The topological polar surface area (TPSA) is 12.5 Å². The lowest BCUT2D eigenvalue weighted by Crippen LogP contribution is -2.45. The molecule has 2 nitrogen and oxygen atoms in total. The van der Waals surface area contributed by atoms with Crippen molar-refractivity contribution in [2.24, 2.45) is 11.8 Å². The monoisotopic (exact) mass is 183 g/mol. The van der Waals surface area contributed by atoms with Gasteiger partial charge in [-0.15, -0.1) is 0 Å². The average Bonchev–Trinajstić information content (AvgIpc) is 2.12. The van der Waals surface area contributed by atoms with Crippen molar-refractivity contribution < 1.29 is 4.74 Å². The van der Waals surface area contributed by atoms with Gasteiger partial charge in [-0.25, -0.2) is 0 Å². The highest BCUT2D eigenvalue weighted by Crippen LogP contribution is 2.21. The Kier molecular flexibility index (Phi) is 3.23. The van der Waals surface area contributed by atoms with E-state index in [-0.39, 0.29) is 0 Å². The molecule has 0 aromatic rings. The van der Waals surface area contributed by atoms with E-state index in [0.717, 1.165) is 25.0 Å². The van der Waals surface area contributed by atoms with Gasteiger partial charge in [-0.1, -0.05) is 6.92 Å². The summed E-state index contributed by atoms with van der Waals surface area (Å²) in [7, 11) is 0. The molecular formula is C11H21NO. The molecule has 0 bridgehead atoms. The van der Waals surface area contributed by atoms with Crippen molar-refractivity contribution in [2.45, 2.75) is 26.2 Å². The Labute approximate surface area is 81.3 Å². The molecule has 2 heterocycles. The van der Waals surface area contributed by atoms with Crippen LogP contribution in [0.5, 0.6) is 0 Å². The van der Waals surface area contributed by atoms with Gasteiger partial charge < -0.3 is 9.64 Å². The van der Waals surface area contributed by atoms with E-state index in [2.05, 4.69) is 11.8 Å². The maximum absolute atomic E-state index is 5.35. The zero-order valence-electron chi connectivity index (χ0n) is 8.67. The molecule has 0 saturated carbocycles. The smallest absolute Gasteiger partial charge is 0.0468 e. The Morgan fingerprint density at radius 2 is 1.92 bits per heavy atom. The van der Waals surface area contributed by atoms with Crippen LogP contribution in [0.1, 0.15) is 26.2 Å². The molecule has 2 heteroatoms. The lowest BCUT2D eigenvalue weighted by atomic mass is 9.94. The number of ether oxygens (including phenoxy) is 1. The summed E-state index contributed by atoms with van der Waals surface area (Å²) in [5.74, 6) is 1.90. The molecule has 13 heavy (non-hydrogen) atoms. The van der Waals surface area contributed by atoms with Gasteiger partial charge in [-0.2, -0.15) is 0 Å². The summed E-state index contributed by atoms with van der Waals surface area (Å²) in [6.45, 7) is 8.34. The zero-order chi connectivity index (χ0) is 9.10. The van der Waals surface area contributed by atoms with Crippen LogP contribution >= 0.6 is 0 Å². The van der Waals surface area contributed by atoms with Crippen LogP contribution in [0, 0.1) is 11.8 Å². The van der Waals surface area contributed by atoms with Crippen molar-refractivity contribution in [3.05, 3.63) is 0 Å². The van der Waals surface area contributed by atoms with Crippen LogP contribution in [0.4, 0.5) is 0 Å². The first-order valence-electron chi connectivity index (χ1n) is 5.64. The van der Waals surface area contributed by atoms with Crippen molar-refractivity contribution in [1.29, 1.82) is 0 Å². The third kappa shape index (κ3) is 2.68. The third-order valence-corrected chi connectivity index (χ3v) is 3.33. The second-order valence-corrected chi connectivity index (χ2v) is 4.71. The van der Waals surface area contributed by atoms with E-state index >= 15 is 0 Å². The minimum absolute atomic E-state index is 0.949. The SMILES string of the molecule is CC1CN(CCC2CCOCC2)C1. The molecule has 0 atom stereocenters. The second kappa shape index (κ2) is 4.43. The van der Waals surface area contributed by atoms with Crippen LogP contribution in [0.2, 0.25) is 0 Å². The van der Waals surface area contributed by atoms with Crippen molar-refractivity contribution in [1.82, 2.24) is 4.90 Å². The maximum atomic E-state index is 5.35. The average molecular weight is 183 g/mol. The maximum Gasteiger partial charge on any atom is 0.0468 e. The summed E-state index contributed by atoms with van der Waals surface area (Å²) < 4.78 is 5.35. The summed E-state index contributed by atoms with van der Waals surface area (Å²) in [6.07, 6.45) is 3.99. The van der Waals surface area contributed by atoms with Gasteiger partial charge in [0.15, 0.2) is 0 Å². The first kappa shape index (κ1) is 9.47. The van der Waals surface area contributed by atoms with Gasteiger partial charge in [-0.3, -0.25) is 0 Å². The van der Waals surface area contributed by atoms with Crippen molar-refractivity contribution in [2.75, 3.05) is 32.8 Å². The van der Waals surface area contributed by atoms with Gasteiger partial charge >= 0.3 is 0 Å². The summed E-state index contributed by atoms with van der Waals surface area (Å²) in [5.41, 5.74) is 0. The number of likely N-dealkylation sites (tertiary alicyclic amines) is 1. The highest BCUT2D eigenvalue weighted by molar-refractivity contribution is 4.77. The minimum Gasteiger partial charge on any atom is -0.381 e. The molecule has 0 aromatic carbocycles. The van der Waals surface area contributed by atoms with E-state index in [0.29, 0.717) is 0 Å². The molecule has 0 spiro atoms. The number of hydrogen-bond acceptors (Lipinski definition) is 2. The summed E-state index contributed by atoms with van der Waals surface area (Å²) in [5, 5.41) is 0. The Balaban J connectivity index is 1.56. The van der Waals surface area contributed by atoms with Crippen LogP contribution in [0.3, 0.4) is 0 Å². The number of rotatable bonds is 3. The predicted octanol–water partition coefficient (Wildman–Crippen LogP) is 1.75. The predicted molar refractivity (Wildman–Crippen MR) is 53.8 cm³/mol. The molecule has 2 saturated heterocycles. The van der Waals surface area contributed by atoms with Gasteiger partial charge in [0.05, 0.1) is 0 Å². The fourth-order valence-corrected chi connectivity index (χ4v) is 2.41. The Hall–Kier alpha value is -0.0800. The van der Waals surface area contributed by atoms with Gasteiger partial charge in [-0.05, 0) is 37.6 Å². The third-order valence-electron chi connectivity index (χ3n) is 3.33. The standard InChI is InChI=1S/C11H21NO/c1-10-8-12(9-10)5-2-11-3-6-13-7-4-11/h10-11H,2-9H2,1H3. The van der Waals surface area contributed by atoms with E-state index in [1.165, 1.54) is 38.9 Å². The Morgan fingerprint density at radius 1 is 1.23 bits per heavy atom. The van der Waals surface area contributed by atoms with Gasteiger partial charge in [0.25, 0.3) is 0 Å². The fraction of sp³-hybridized carbons (Fsp3) is 1.00. The van der Waals surface area contributed by atoms with E-state index in [4.69, 9.17) is 4.74 Å². The van der Waals surface area contributed by atoms with Crippen LogP contribution in [0.25, 0.3) is 0 Å². The Morgan fingerprint density at radius 3 is 2.54 bits per heavy atom. The van der Waals surface area contributed by atoms with Crippen molar-refractivity contribution in [3.8, 4) is 0 Å². The van der Waals surface area contributed by atoms with E-state index in [1.807, 2.05) is 0 Å². The highest BCUT2D eigenvalue weighted by Gasteiger charge is 2.23. The molecule has 2 fully saturated rings. The molecule has 76 valence electrons. The fourth-order valence-electron chi connectivity index (χ4n) is 2.41.